The molecular weight excluding hydrogens is 212 g/mol. The summed E-state index contributed by atoms with van der Waals surface area (Å²) in [5.41, 5.74) is 0. The van der Waals surface area contributed by atoms with Gasteiger partial charge in [0.15, 0.2) is 0 Å². The molecule has 0 fully saturated rings. The maximum absolute atomic E-state index is 10.7. The van der Waals surface area contributed by atoms with Gasteiger partial charge in [-0.3, -0.25) is 9.59 Å². The van der Waals surface area contributed by atoms with Crippen molar-refractivity contribution in [2.45, 2.75) is 13.0 Å². The topological polar surface area (TPSA) is 135 Å². The van der Waals surface area contributed by atoms with Crippen LogP contribution in [0.25, 0.3) is 0 Å². The van der Waals surface area contributed by atoms with E-state index in [2.05, 4.69) is 4.74 Å². The van der Waals surface area contributed by atoms with E-state index >= 15 is 0 Å². The summed E-state index contributed by atoms with van der Waals surface area (Å²) >= 11 is 0. The molecule has 0 amide bonds. The van der Waals surface area contributed by atoms with E-state index in [1.165, 1.54) is 0 Å². The fourth-order valence-electron chi connectivity index (χ4n) is 0.518. The van der Waals surface area contributed by atoms with Crippen LogP contribution in [0.15, 0.2) is 0 Å². The van der Waals surface area contributed by atoms with Gasteiger partial charge in [-0.05, 0) is 0 Å². The molecule has 0 spiro atoms. The number of hydrogen-bond acceptors (Lipinski definition) is 6. The summed E-state index contributed by atoms with van der Waals surface area (Å²) in [6, 6.07) is 0. The third kappa shape index (κ3) is 3.55. The first-order valence-corrected chi connectivity index (χ1v) is 3.49. The lowest BCUT2D eigenvalue weighted by atomic mass is 10.2. The number of carbonyl (C=O) groups is 5. The van der Waals surface area contributed by atoms with E-state index in [4.69, 9.17) is 10.2 Å². The Bertz CT molecular complexity index is 341. The Balaban J connectivity index is 4.78. The first-order valence-electron chi connectivity index (χ1n) is 3.49. The van der Waals surface area contributed by atoms with Crippen molar-refractivity contribution >= 4 is 29.5 Å². The standard InChI is InChI=1S/C7H6O8/c1-2(8)7(14)15-4(6(12)13)3(9)5(10)11/h4H,1H3,(H,10,11)(H,12,13). The van der Waals surface area contributed by atoms with Crippen LogP contribution in [0.5, 0.6) is 0 Å². The summed E-state index contributed by atoms with van der Waals surface area (Å²) < 4.78 is 3.88. The van der Waals surface area contributed by atoms with E-state index in [0.29, 0.717) is 0 Å². The van der Waals surface area contributed by atoms with Crippen LogP contribution in [0.2, 0.25) is 0 Å². The summed E-state index contributed by atoms with van der Waals surface area (Å²) in [4.78, 5) is 52.1. The smallest absolute Gasteiger partial charge is 0.376 e. The molecule has 0 aromatic rings. The van der Waals surface area contributed by atoms with Crippen LogP contribution in [-0.4, -0.2) is 45.8 Å². The third-order valence-corrected chi connectivity index (χ3v) is 1.19. The molecule has 0 aliphatic heterocycles. The second-order valence-corrected chi connectivity index (χ2v) is 2.35. The van der Waals surface area contributed by atoms with Crippen molar-refractivity contribution in [3.8, 4) is 0 Å². The maximum Gasteiger partial charge on any atom is 0.376 e. The maximum atomic E-state index is 10.7. The fraction of sp³-hybridized carbons (Fsp3) is 0.286. The van der Waals surface area contributed by atoms with Crippen molar-refractivity contribution in [3.63, 3.8) is 0 Å². The highest BCUT2D eigenvalue weighted by Crippen LogP contribution is 1.97. The molecule has 2 N–H and O–H groups in total. The first kappa shape index (κ1) is 12.8. The van der Waals surface area contributed by atoms with Crippen LogP contribution in [-0.2, 0) is 28.7 Å². The summed E-state index contributed by atoms with van der Waals surface area (Å²) in [6.45, 7) is 0.784. The van der Waals surface area contributed by atoms with Crippen molar-refractivity contribution in [1.82, 2.24) is 0 Å². The Morgan fingerprint density at radius 1 is 1.07 bits per heavy atom. The van der Waals surface area contributed by atoms with Crippen LogP contribution in [0, 0.1) is 0 Å². The van der Waals surface area contributed by atoms with Gasteiger partial charge in [-0.15, -0.1) is 0 Å². The van der Waals surface area contributed by atoms with Crippen LogP contribution in [0.1, 0.15) is 6.92 Å². The Kier molecular flexibility index (Phi) is 4.11. The largest absolute Gasteiger partial charge is 0.478 e. The van der Waals surface area contributed by atoms with Crippen molar-refractivity contribution in [3.05, 3.63) is 0 Å². The van der Waals surface area contributed by atoms with Crippen LogP contribution in [0.4, 0.5) is 0 Å². The van der Waals surface area contributed by atoms with Gasteiger partial charge in [0.05, 0.1) is 0 Å². The third-order valence-electron chi connectivity index (χ3n) is 1.19. The Labute approximate surface area is 82.4 Å². The molecular formula is C7H6O8. The summed E-state index contributed by atoms with van der Waals surface area (Å²) in [5.74, 6) is -8.59. The van der Waals surface area contributed by atoms with Gasteiger partial charge in [0.2, 0.25) is 5.78 Å². The molecule has 0 bridgehead atoms. The van der Waals surface area contributed by atoms with Crippen LogP contribution < -0.4 is 0 Å². The second kappa shape index (κ2) is 4.84. The minimum atomic E-state index is -2.50. The predicted molar refractivity (Wildman–Crippen MR) is 40.8 cm³/mol. The zero-order valence-electron chi connectivity index (χ0n) is 7.42. The monoisotopic (exact) mass is 218 g/mol. The summed E-state index contributed by atoms with van der Waals surface area (Å²) in [5, 5.41) is 16.5. The molecule has 0 radical (unpaired) electrons. The predicted octanol–water partition coefficient (Wildman–Crippen LogP) is -1.77. The highest BCUT2D eigenvalue weighted by atomic mass is 16.6. The number of carboxylic acids is 2. The Morgan fingerprint density at radius 3 is 1.80 bits per heavy atom. The van der Waals surface area contributed by atoms with Crippen molar-refractivity contribution in [1.29, 1.82) is 0 Å². The van der Waals surface area contributed by atoms with E-state index in [1.54, 1.807) is 0 Å². The number of aliphatic carboxylic acids is 2. The van der Waals surface area contributed by atoms with Gasteiger partial charge in [-0.1, -0.05) is 0 Å². The highest BCUT2D eigenvalue weighted by molar-refractivity contribution is 6.40. The molecule has 0 aromatic carbocycles. The average molecular weight is 218 g/mol. The molecule has 0 aliphatic carbocycles. The van der Waals surface area contributed by atoms with Gasteiger partial charge in [-0.25, -0.2) is 14.4 Å². The van der Waals surface area contributed by atoms with Gasteiger partial charge >= 0.3 is 17.9 Å². The van der Waals surface area contributed by atoms with Gasteiger partial charge in [-0.2, -0.15) is 0 Å². The quantitative estimate of drug-likeness (QED) is 0.314. The summed E-state index contributed by atoms with van der Waals surface area (Å²) in [7, 11) is 0. The summed E-state index contributed by atoms with van der Waals surface area (Å²) in [6.07, 6.45) is -2.50. The molecule has 1 unspecified atom stereocenters. The van der Waals surface area contributed by atoms with E-state index in [-0.39, 0.29) is 0 Å². The number of Topliss-reactive ketones (excluding diaryl/α,β-unsaturated/α-hetero) is 2. The van der Waals surface area contributed by atoms with Crippen molar-refractivity contribution in [2.75, 3.05) is 0 Å². The number of esters is 1. The lowest BCUT2D eigenvalue weighted by Crippen LogP contribution is -2.40. The molecule has 0 saturated heterocycles. The number of ether oxygens (including phenoxy) is 1. The molecule has 0 heterocycles. The fourth-order valence-corrected chi connectivity index (χ4v) is 0.518. The molecule has 15 heavy (non-hydrogen) atoms. The van der Waals surface area contributed by atoms with Crippen LogP contribution >= 0.6 is 0 Å². The molecule has 8 heteroatoms. The Hall–Kier alpha value is -2.25. The van der Waals surface area contributed by atoms with E-state index in [9.17, 15) is 24.0 Å². The number of ketones is 2. The minimum absolute atomic E-state index is 0.784. The SMILES string of the molecule is CC(=O)C(=O)OC(C(=O)O)C(=O)C(=O)O. The van der Waals surface area contributed by atoms with Crippen molar-refractivity contribution < 1.29 is 38.9 Å². The van der Waals surface area contributed by atoms with Gasteiger partial charge in [0, 0.05) is 6.92 Å². The van der Waals surface area contributed by atoms with E-state index < -0.39 is 35.6 Å². The number of carboxylic acid groups (broad SMARTS) is 2. The minimum Gasteiger partial charge on any atom is -0.478 e. The van der Waals surface area contributed by atoms with E-state index in [1.807, 2.05) is 0 Å². The van der Waals surface area contributed by atoms with Crippen LogP contribution in [0.3, 0.4) is 0 Å². The van der Waals surface area contributed by atoms with Gasteiger partial charge in [0.1, 0.15) is 0 Å². The molecule has 0 aliphatic rings. The molecule has 8 nitrogen and oxygen atoms in total. The zero-order chi connectivity index (χ0) is 12.2. The number of hydrogen-bond donors (Lipinski definition) is 2. The van der Waals surface area contributed by atoms with Crippen molar-refractivity contribution in [2.24, 2.45) is 0 Å². The molecule has 82 valence electrons. The molecule has 0 saturated carbocycles. The van der Waals surface area contributed by atoms with Gasteiger partial charge < -0.3 is 14.9 Å². The van der Waals surface area contributed by atoms with E-state index in [0.717, 1.165) is 6.92 Å². The number of rotatable bonds is 5. The second-order valence-electron chi connectivity index (χ2n) is 2.35. The molecule has 0 aromatic heterocycles. The molecule has 1 atom stereocenters. The lowest BCUT2D eigenvalue weighted by Gasteiger charge is -2.08. The normalized spacial score (nSPS) is 11.3. The first-order chi connectivity index (χ1) is 6.77. The Morgan fingerprint density at radius 2 is 1.53 bits per heavy atom. The average Bonchev–Trinajstić information content (AvgIpc) is 2.11. The van der Waals surface area contributed by atoms with Gasteiger partial charge in [0.25, 0.3) is 11.9 Å². The molecule has 0 rings (SSSR count). The zero-order valence-corrected chi connectivity index (χ0v) is 7.42. The lowest BCUT2D eigenvalue weighted by molar-refractivity contribution is -0.173. The number of carbonyl (C=O) groups excluding carboxylic acids is 3. The highest BCUT2D eigenvalue weighted by Gasteiger charge is 2.35.